The van der Waals surface area contributed by atoms with Crippen LogP contribution in [0, 0.1) is 11.8 Å². The molecule has 4 nitrogen and oxygen atoms in total. The minimum Gasteiger partial charge on any atom is -0.356 e. The van der Waals surface area contributed by atoms with Crippen LogP contribution >= 0.6 is 0 Å². The van der Waals surface area contributed by atoms with Gasteiger partial charge >= 0.3 is 0 Å². The van der Waals surface area contributed by atoms with Crippen LogP contribution in [0.3, 0.4) is 0 Å². The predicted octanol–water partition coefficient (Wildman–Crippen LogP) is 2.28. The summed E-state index contributed by atoms with van der Waals surface area (Å²) in [6.45, 7) is 3.03. The van der Waals surface area contributed by atoms with E-state index in [2.05, 4.69) is 22.2 Å². The van der Waals surface area contributed by atoms with Gasteiger partial charge in [0.25, 0.3) is 0 Å². The molecule has 1 aromatic rings. The largest absolute Gasteiger partial charge is 0.356 e. The highest BCUT2D eigenvalue weighted by Crippen LogP contribution is 2.28. The Morgan fingerprint density at radius 1 is 1.44 bits per heavy atom. The van der Waals surface area contributed by atoms with E-state index in [1.807, 2.05) is 6.20 Å². The van der Waals surface area contributed by atoms with Crippen LogP contribution in [0.4, 0.5) is 0 Å². The molecular formula is C14H23N3O. The molecule has 0 aliphatic heterocycles. The average Bonchev–Trinajstić information content (AvgIpc) is 2.88. The molecule has 2 N–H and O–H groups in total. The highest BCUT2D eigenvalue weighted by atomic mass is 16.1. The first-order chi connectivity index (χ1) is 8.75. The normalized spacial score (nSPS) is 23.8. The van der Waals surface area contributed by atoms with Crippen molar-refractivity contribution in [1.29, 1.82) is 0 Å². The van der Waals surface area contributed by atoms with E-state index >= 15 is 0 Å². The smallest absolute Gasteiger partial charge is 0.223 e. The van der Waals surface area contributed by atoms with Gasteiger partial charge in [-0.05, 0) is 38.0 Å². The summed E-state index contributed by atoms with van der Waals surface area (Å²) in [7, 11) is 0. The number of aromatic amines is 1. The van der Waals surface area contributed by atoms with Gasteiger partial charge in [0.05, 0.1) is 0 Å². The Labute approximate surface area is 109 Å². The summed E-state index contributed by atoms with van der Waals surface area (Å²) in [5.74, 6) is 2.30. The van der Waals surface area contributed by atoms with Crippen molar-refractivity contribution in [2.75, 3.05) is 6.54 Å². The number of carbonyl (C=O) groups excluding carboxylic acids is 1. The fraction of sp³-hybridized carbons (Fsp3) is 0.714. The second kappa shape index (κ2) is 6.57. The van der Waals surface area contributed by atoms with E-state index in [9.17, 15) is 4.79 Å². The molecule has 0 radical (unpaired) electrons. The van der Waals surface area contributed by atoms with E-state index in [0.29, 0.717) is 0 Å². The number of carbonyl (C=O) groups is 1. The molecule has 2 rings (SSSR count). The molecule has 0 spiro atoms. The summed E-state index contributed by atoms with van der Waals surface area (Å²) in [6.07, 6.45) is 9.96. The molecule has 1 heterocycles. The fourth-order valence-electron chi connectivity index (χ4n) is 2.57. The SMILES string of the molecule is CC1CCC(C(=O)NCCCc2ncc[nH]2)CC1. The topological polar surface area (TPSA) is 57.8 Å². The summed E-state index contributed by atoms with van der Waals surface area (Å²) in [5, 5.41) is 3.05. The van der Waals surface area contributed by atoms with Gasteiger partial charge in [-0.25, -0.2) is 4.98 Å². The maximum absolute atomic E-state index is 11.9. The summed E-state index contributed by atoms with van der Waals surface area (Å²) >= 11 is 0. The molecule has 1 aliphatic rings. The summed E-state index contributed by atoms with van der Waals surface area (Å²) in [6, 6.07) is 0. The van der Waals surface area contributed by atoms with Gasteiger partial charge in [0, 0.05) is 31.3 Å². The van der Waals surface area contributed by atoms with E-state index in [4.69, 9.17) is 0 Å². The second-order valence-corrected chi connectivity index (χ2v) is 5.39. The Hall–Kier alpha value is -1.32. The Morgan fingerprint density at radius 3 is 2.89 bits per heavy atom. The van der Waals surface area contributed by atoms with Gasteiger partial charge in [0.15, 0.2) is 0 Å². The Bertz CT molecular complexity index is 353. The van der Waals surface area contributed by atoms with Gasteiger partial charge in [-0.15, -0.1) is 0 Å². The quantitative estimate of drug-likeness (QED) is 0.787. The molecule has 1 saturated carbocycles. The zero-order valence-corrected chi connectivity index (χ0v) is 11.1. The average molecular weight is 249 g/mol. The summed E-state index contributed by atoms with van der Waals surface area (Å²) in [4.78, 5) is 19.2. The maximum atomic E-state index is 11.9. The van der Waals surface area contributed by atoms with Gasteiger partial charge in [-0.1, -0.05) is 6.92 Å². The molecule has 1 fully saturated rings. The Morgan fingerprint density at radius 2 is 2.22 bits per heavy atom. The number of hydrogen-bond donors (Lipinski definition) is 2. The molecule has 1 amide bonds. The lowest BCUT2D eigenvalue weighted by Crippen LogP contribution is -2.33. The molecule has 4 heteroatoms. The first-order valence-corrected chi connectivity index (χ1v) is 7.01. The molecule has 0 saturated heterocycles. The number of nitrogens with zero attached hydrogens (tertiary/aromatic N) is 1. The van der Waals surface area contributed by atoms with Crippen molar-refractivity contribution in [3.63, 3.8) is 0 Å². The van der Waals surface area contributed by atoms with Crippen LogP contribution in [0.25, 0.3) is 0 Å². The lowest BCUT2D eigenvalue weighted by molar-refractivity contribution is -0.126. The van der Waals surface area contributed by atoms with Crippen LogP contribution in [0.5, 0.6) is 0 Å². The van der Waals surface area contributed by atoms with Crippen molar-refractivity contribution in [2.24, 2.45) is 11.8 Å². The third-order valence-electron chi connectivity index (χ3n) is 3.83. The van der Waals surface area contributed by atoms with E-state index in [-0.39, 0.29) is 11.8 Å². The molecule has 18 heavy (non-hydrogen) atoms. The number of nitrogens with one attached hydrogen (secondary N) is 2. The minimum absolute atomic E-state index is 0.251. The number of imidazole rings is 1. The monoisotopic (exact) mass is 249 g/mol. The molecule has 0 atom stereocenters. The third kappa shape index (κ3) is 3.86. The zero-order valence-electron chi connectivity index (χ0n) is 11.1. The molecular weight excluding hydrogens is 226 g/mol. The van der Waals surface area contributed by atoms with Gasteiger partial charge < -0.3 is 10.3 Å². The van der Waals surface area contributed by atoms with E-state index in [0.717, 1.165) is 44.0 Å². The molecule has 0 aromatic carbocycles. The van der Waals surface area contributed by atoms with E-state index in [1.165, 1.54) is 12.8 Å². The van der Waals surface area contributed by atoms with E-state index in [1.54, 1.807) is 6.20 Å². The zero-order chi connectivity index (χ0) is 12.8. The lowest BCUT2D eigenvalue weighted by atomic mass is 9.82. The van der Waals surface area contributed by atoms with Crippen molar-refractivity contribution >= 4 is 5.91 Å². The van der Waals surface area contributed by atoms with Crippen LogP contribution in [0.1, 0.15) is 44.9 Å². The van der Waals surface area contributed by atoms with Crippen LogP contribution in [-0.2, 0) is 11.2 Å². The van der Waals surface area contributed by atoms with Crippen LogP contribution in [0.15, 0.2) is 12.4 Å². The lowest BCUT2D eigenvalue weighted by Gasteiger charge is -2.25. The standard InChI is InChI=1S/C14H23N3O/c1-11-4-6-12(7-5-11)14(18)17-8-2-3-13-15-9-10-16-13/h9-12H,2-8H2,1H3,(H,15,16)(H,17,18). The number of rotatable bonds is 5. The maximum Gasteiger partial charge on any atom is 0.223 e. The Balaban J connectivity index is 1.60. The number of hydrogen-bond acceptors (Lipinski definition) is 2. The Kier molecular flexibility index (Phi) is 4.79. The highest BCUT2D eigenvalue weighted by Gasteiger charge is 2.23. The van der Waals surface area contributed by atoms with Crippen molar-refractivity contribution in [3.05, 3.63) is 18.2 Å². The van der Waals surface area contributed by atoms with E-state index < -0.39 is 0 Å². The van der Waals surface area contributed by atoms with Crippen LogP contribution in [0.2, 0.25) is 0 Å². The first-order valence-electron chi connectivity index (χ1n) is 7.01. The van der Waals surface area contributed by atoms with Crippen LogP contribution in [-0.4, -0.2) is 22.4 Å². The van der Waals surface area contributed by atoms with Crippen molar-refractivity contribution in [1.82, 2.24) is 15.3 Å². The van der Waals surface area contributed by atoms with Crippen LogP contribution < -0.4 is 5.32 Å². The van der Waals surface area contributed by atoms with Gasteiger partial charge in [-0.3, -0.25) is 4.79 Å². The summed E-state index contributed by atoms with van der Waals surface area (Å²) < 4.78 is 0. The minimum atomic E-state index is 0.251. The number of aryl methyl sites for hydroxylation is 1. The molecule has 1 aromatic heterocycles. The molecule has 0 unspecified atom stereocenters. The number of aromatic nitrogens is 2. The summed E-state index contributed by atoms with van der Waals surface area (Å²) in [5.41, 5.74) is 0. The third-order valence-corrected chi connectivity index (χ3v) is 3.83. The van der Waals surface area contributed by atoms with Crippen molar-refractivity contribution in [3.8, 4) is 0 Å². The van der Waals surface area contributed by atoms with Gasteiger partial charge in [-0.2, -0.15) is 0 Å². The number of amides is 1. The van der Waals surface area contributed by atoms with Crippen molar-refractivity contribution in [2.45, 2.75) is 45.4 Å². The highest BCUT2D eigenvalue weighted by molar-refractivity contribution is 5.78. The van der Waals surface area contributed by atoms with Crippen molar-refractivity contribution < 1.29 is 4.79 Å². The van der Waals surface area contributed by atoms with Gasteiger partial charge in [0.1, 0.15) is 5.82 Å². The molecule has 1 aliphatic carbocycles. The molecule has 0 bridgehead atoms. The fourth-order valence-corrected chi connectivity index (χ4v) is 2.57. The predicted molar refractivity (Wildman–Crippen MR) is 71.0 cm³/mol. The molecule has 100 valence electrons. The number of H-pyrrole nitrogens is 1. The first kappa shape index (κ1) is 13.1. The van der Waals surface area contributed by atoms with Gasteiger partial charge in [0.2, 0.25) is 5.91 Å². The second-order valence-electron chi connectivity index (χ2n) is 5.39.